The summed E-state index contributed by atoms with van der Waals surface area (Å²) in [5, 5.41) is 3.32. The average molecular weight is 211 g/mol. The SMILES string of the molecule is CC1CC(c2cc(F)ccc2F)C(C)N1. The highest BCUT2D eigenvalue weighted by Gasteiger charge is 2.31. The summed E-state index contributed by atoms with van der Waals surface area (Å²) in [5.74, 6) is -0.585. The van der Waals surface area contributed by atoms with Crippen LogP contribution in [0.4, 0.5) is 8.78 Å². The second kappa shape index (κ2) is 3.89. The topological polar surface area (TPSA) is 12.0 Å². The van der Waals surface area contributed by atoms with Gasteiger partial charge in [0.05, 0.1) is 0 Å². The third kappa shape index (κ3) is 2.02. The predicted molar refractivity (Wildman–Crippen MR) is 55.8 cm³/mol. The summed E-state index contributed by atoms with van der Waals surface area (Å²) in [6.07, 6.45) is 0.863. The highest BCUT2D eigenvalue weighted by molar-refractivity contribution is 5.25. The molecule has 0 bridgehead atoms. The smallest absolute Gasteiger partial charge is 0.126 e. The fourth-order valence-electron chi connectivity index (χ4n) is 2.41. The minimum atomic E-state index is -0.363. The minimum Gasteiger partial charge on any atom is -0.311 e. The van der Waals surface area contributed by atoms with E-state index < -0.39 is 0 Å². The fourth-order valence-corrected chi connectivity index (χ4v) is 2.41. The molecule has 1 saturated heterocycles. The second-order valence-corrected chi connectivity index (χ2v) is 4.36. The van der Waals surface area contributed by atoms with Crippen molar-refractivity contribution in [1.82, 2.24) is 5.32 Å². The van der Waals surface area contributed by atoms with E-state index in [0.717, 1.165) is 12.5 Å². The first-order valence-corrected chi connectivity index (χ1v) is 5.29. The lowest BCUT2D eigenvalue weighted by molar-refractivity contribution is 0.531. The summed E-state index contributed by atoms with van der Waals surface area (Å²) in [4.78, 5) is 0. The van der Waals surface area contributed by atoms with E-state index in [9.17, 15) is 8.78 Å². The van der Waals surface area contributed by atoms with Gasteiger partial charge in [-0.3, -0.25) is 0 Å². The van der Waals surface area contributed by atoms with E-state index in [-0.39, 0.29) is 23.6 Å². The molecule has 3 atom stereocenters. The summed E-state index contributed by atoms with van der Waals surface area (Å²) < 4.78 is 26.6. The number of rotatable bonds is 1. The van der Waals surface area contributed by atoms with Gasteiger partial charge < -0.3 is 5.32 Å². The Labute approximate surface area is 88.5 Å². The molecule has 3 unspecified atom stereocenters. The van der Waals surface area contributed by atoms with Crippen LogP contribution < -0.4 is 5.32 Å². The van der Waals surface area contributed by atoms with Crippen LogP contribution in [-0.2, 0) is 0 Å². The van der Waals surface area contributed by atoms with Crippen molar-refractivity contribution in [1.29, 1.82) is 0 Å². The monoisotopic (exact) mass is 211 g/mol. The zero-order valence-electron chi connectivity index (χ0n) is 8.93. The molecule has 0 amide bonds. The molecule has 15 heavy (non-hydrogen) atoms. The van der Waals surface area contributed by atoms with Crippen LogP contribution >= 0.6 is 0 Å². The summed E-state index contributed by atoms with van der Waals surface area (Å²) in [6, 6.07) is 4.26. The van der Waals surface area contributed by atoms with Crippen molar-refractivity contribution in [2.24, 2.45) is 0 Å². The second-order valence-electron chi connectivity index (χ2n) is 4.36. The number of halogens is 2. The van der Waals surface area contributed by atoms with Crippen molar-refractivity contribution in [2.75, 3.05) is 0 Å². The van der Waals surface area contributed by atoms with Gasteiger partial charge in [-0.2, -0.15) is 0 Å². The molecule has 1 aliphatic rings. The van der Waals surface area contributed by atoms with Crippen molar-refractivity contribution < 1.29 is 8.78 Å². The number of benzene rings is 1. The zero-order chi connectivity index (χ0) is 11.0. The van der Waals surface area contributed by atoms with E-state index in [1.165, 1.54) is 12.1 Å². The third-order valence-electron chi connectivity index (χ3n) is 3.12. The maximum atomic E-state index is 13.5. The van der Waals surface area contributed by atoms with Crippen LogP contribution in [0.1, 0.15) is 31.7 Å². The van der Waals surface area contributed by atoms with Crippen molar-refractivity contribution in [3.05, 3.63) is 35.4 Å². The molecule has 0 spiro atoms. The Kier molecular flexibility index (Phi) is 2.74. The summed E-state index contributed by atoms with van der Waals surface area (Å²) in [5.41, 5.74) is 0.499. The minimum absolute atomic E-state index is 0.0794. The molecule has 1 fully saturated rings. The maximum absolute atomic E-state index is 13.5. The van der Waals surface area contributed by atoms with E-state index in [1.807, 2.05) is 6.92 Å². The van der Waals surface area contributed by atoms with Crippen LogP contribution in [0.3, 0.4) is 0 Å². The van der Waals surface area contributed by atoms with E-state index in [1.54, 1.807) is 0 Å². The molecule has 1 nitrogen and oxygen atoms in total. The predicted octanol–water partition coefficient (Wildman–Crippen LogP) is 2.82. The first-order valence-electron chi connectivity index (χ1n) is 5.29. The molecule has 0 radical (unpaired) electrons. The number of hydrogen-bond donors (Lipinski definition) is 1. The van der Waals surface area contributed by atoms with Gasteiger partial charge in [-0.1, -0.05) is 0 Å². The maximum Gasteiger partial charge on any atom is 0.126 e. The Morgan fingerprint density at radius 2 is 2.00 bits per heavy atom. The largest absolute Gasteiger partial charge is 0.311 e. The van der Waals surface area contributed by atoms with Gasteiger partial charge in [0.2, 0.25) is 0 Å². The molecule has 0 saturated carbocycles. The van der Waals surface area contributed by atoms with Gasteiger partial charge in [-0.05, 0) is 44.0 Å². The number of hydrogen-bond acceptors (Lipinski definition) is 1. The normalized spacial score (nSPS) is 30.8. The van der Waals surface area contributed by atoms with Crippen molar-refractivity contribution in [3.63, 3.8) is 0 Å². The van der Waals surface area contributed by atoms with E-state index in [2.05, 4.69) is 12.2 Å². The summed E-state index contributed by atoms with van der Waals surface area (Å²) in [6.45, 7) is 4.08. The Morgan fingerprint density at radius 3 is 2.60 bits per heavy atom. The van der Waals surface area contributed by atoms with E-state index >= 15 is 0 Å². The van der Waals surface area contributed by atoms with Crippen molar-refractivity contribution >= 4 is 0 Å². The Hall–Kier alpha value is -0.960. The molecule has 1 aliphatic heterocycles. The van der Waals surface area contributed by atoms with Gasteiger partial charge in [-0.25, -0.2) is 8.78 Å². The lowest BCUT2D eigenvalue weighted by Gasteiger charge is -2.15. The molecule has 0 aromatic heterocycles. The molecular weight excluding hydrogens is 196 g/mol. The Balaban J connectivity index is 2.32. The van der Waals surface area contributed by atoms with Crippen LogP contribution in [0.15, 0.2) is 18.2 Å². The third-order valence-corrected chi connectivity index (χ3v) is 3.12. The van der Waals surface area contributed by atoms with Gasteiger partial charge in [0.25, 0.3) is 0 Å². The molecule has 3 heteroatoms. The van der Waals surface area contributed by atoms with Crippen molar-refractivity contribution in [2.45, 2.75) is 38.3 Å². The van der Waals surface area contributed by atoms with Crippen molar-refractivity contribution in [3.8, 4) is 0 Å². The lowest BCUT2D eigenvalue weighted by atomic mass is 9.91. The first kappa shape index (κ1) is 10.6. The molecule has 1 N–H and O–H groups in total. The summed E-state index contributed by atoms with van der Waals surface area (Å²) >= 11 is 0. The van der Waals surface area contributed by atoms with Gasteiger partial charge in [0.15, 0.2) is 0 Å². The molecular formula is C12H15F2N. The average Bonchev–Trinajstić information content (AvgIpc) is 2.50. The lowest BCUT2D eigenvalue weighted by Crippen LogP contribution is -2.26. The quantitative estimate of drug-likeness (QED) is 0.753. The van der Waals surface area contributed by atoms with Crippen LogP contribution in [-0.4, -0.2) is 12.1 Å². The molecule has 2 rings (SSSR count). The number of nitrogens with one attached hydrogen (secondary N) is 1. The molecule has 82 valence electrons. The standard InChI is InChI=1S/C12H15F2N/c1-7-5-10(8(2)15-7)11-6-9(13)3-4-12(11)14/h3-4,6-8,10,15H,5H2,1-2H3. The van der Waals surface area contributed by atoms with Crippen LogP contribution in [0.2, 0.25) is 0 Å². The van der Waals surface area contributed by atoms with Gasteiger partial charge in [0.1, 0.15) is 11.6 Å². The van der Waals surface area contributed by atoms with E-state index in [0.29, 0.717) is 11.6 Å². The highest BCUT2D eigenvalue weighted by atomic mass is 19.1. The molecule has 0 aliphatic carbocycles. The molecule has 1 heterocycles. The Morgan fingerprint density at radius 1 is 1.27 bits per heavy atom. The first-order chi connectivity index (χ1) is 7.08. The highest BCUT2D eigenvalue weighted by Crippen LogP contribution is 2.32. The zero-order valence-corrected chi connectivity index (χ0v) is 8.93. The fraction of sp³-hybridized carbons (Fsp3) is 0.500. The summed E-state index contributed by atoms with van der Waals surface area (Å²) in [7, 11) is 0. The Bertz CT molecular complexity index is 365. The van der Waals surface area contributed by atoms with Gasteiger partial charge >= 0.3 is 0 Å². The van der Waals surface area contributed by atoms with Gasteiger partial charge in [-0.15, -0.1) is 0 Å². The van der Waals surface area contributed by atoms with E-state index in [4.69, 9.17) is 0 Å². The van der Waals surface area contributed by atoms with Crippen LogP contribution in [0.25, 0.3) is 0 Å². The van der Waals surface area contributed by atoms with Crippen LogP contribution in [0.5, 0.6) is 0 Å². The van der Waals surface area contributed by atoms with Gasteiger partial charge in [0, 0.05) is 18.0 Å². The van der Waals surface area contributed by atoms with Crippen LogP contribution in [0, 0.1) is 11.6 Å². The molecule has 1 aromatic carbocycles. The molecule has 1 aromatic rings.